The van der Waals surface area contributed by atoms with Crippen molar-refractivity contribution in [2.75, 3.05) is 26.7 Å². The van der Waals surface area contributed by atoms with Crippen molar-refractivity contribution < 1.29 is 14.3 Å². The van der Waals surface area contributed by atoms with Gasteiger partial charge in [0.1, 0.15) is 0 Å². The van der Waals surface area contributed by atoms with Gasteiger partial charge in [0, 0.05) is 10.9 Å². The number of methoxy groups -OCH3 is 1. The van der Waals surface area contributed by atoms with E-state index in [0.29, 0.717) is 29.1 Å². The number of nitrogens with zero attached hydrogens (tertiary/aromatic N) is 1. The highest BCUT2D eigenvalue weighted by atomic mass is 79.9. The number of hydrogen-bond acceptors (Lipinski definition) is 4. The summed E-state index contributed by atoms with van der Waals surface area (Å²) in [7, 11) is 1.45. The van der Waals surface area contributed by atoms with Gasteiger partial charge in [0.25, 0.3) is 0 Å². The summed E-state index contributed by atoms with van der Waals surface area (Å²) in [6.45, 7) is 2.29. The predicted octanol–water partition coefficient (Wildman–Crippen LogP) is 3.72. The maximum atomic E-state index is 12.9. The van der Waals surface area contributed by atoms with E-state index in [-0.39, 0.29) is 23.8 Å². The number of rotatable bonds is 5. The third-order valence-corrected chi connectivity index (χ3v) is 8.32. The van der Waals surface area contributed by atoms with Crippen LogP contribution < -0.4 is 5.32 Å². The third kappa shape index (κ3) is 4.91. The van der Waals surface area contributed by atoms with Crippen LogP contribution in [0.1, 0.15) is 50.0 Å². The Morgan fingerprint density at radius 3 is 2.53 bits per heavy atom. The van der Waals surface area contributed by atoms with Crippen LogP contribution in [-0.4, -0.2) is 54.4 Å². The van der Waals surface area contributed by atoms with Gasteiger partial charge in [0.05, 0.1) is 19.6 Å². The molecule has 5 unspecified atom stereocenters. The molecule has 1 saturated heterocycles. The molecule has 5 nitrogen and oxygen atoms in total. The number of benzene rings is 1. The zero-order chi connectivity index (χ0) is 21.1. The van der Waals surface area contributed by atoms with Crippen LogP contribution in [0.3, 0.4) is 0 Å². The standard InChI is InChI=1S/C24H33BrN2O3/c1-30-24(29)21-13-18-7-8-19(25)14-20(18)23(21)26-22(28)15-27-11-9-17(10-12-27)16-5-3-2-4-6-16/h2-6,17-21,23H,7-15H2,1H3,(H,26,28). The molecule has 1 aromatic carbocycles. The Morgan fingerprint density at radius 1 is 1.10 bits per heavy atom. The van der Waals surface area contributed by atoms with E-state index in [0.717, 1.165) is 51.6 Å². The van der Waals surface area contributed by atoms with Gasteiger partial charge in [-0.05, 0) is 74.9 Å². The number of likely N-dealkylation sites (tertiary alicyclic amines) is 1. The predicted molar refractivity (Wildman–Crippen MR) is 120 cm³/mol. The minimum absolute atomic E-state index is 0.0458. The van der Waals surface area contributed by atoms with Crippen LogP contribution in [0.2, 0.25) is 0 Å². The van der Waals surface area contributed by atoms with Gasteiger partial charge in [-0.2, -0.15) is 0 Å². The average Bonchev–Trinajstić information content (AvgIpc) is 3.11. The molecule has 1 heterocycles. The first-order valence-electron chi connectivity index (χ1n) is 11.3. The summed E-state index contributed by atoms with van der Waals surface area (Å²) in [6.07, 6.45) is 6.29. The maximum absolute atomic E-state index is 12.9. The Morgan fingerprint density at radius 2 is 1.83 bits per heavy atom. The molecule has 0 aromatic heterocycles. The van der Waals surface area contributed by atoms with Gasteiger partial charge < -0.3 is 10.1 Å². The Bertz CT molecular complexity index is 735. The van der Waals surface area contributed by atoms with Crippen molar-refractivity contribution in [2.45, 2.75) is 55.3 Å². The Labute approximate surface area is 188 Å². The first-order valence-corrected chi connectivity index (χ1v) is 12.2. The highest BCUT2D eigenvalue weighted by Gasteiger charge is 2.49. The summed E-state index contributed by atoms with van der Waals surface area (Å²) in [5.74, 6) is 1.11. The van der Waals surface area contributed by atoms with E-state index in [1.807, 2.05) is 0 Å². The first-order chi connectivity index (χ1) is 14.5. The minimum Gasteiger partial charge on any atom is -0.469 e. The molecule has 1 aromatic rings. The molecule has 0 bridgehead atoms. The maximum Gasteiger partial charge on any atom is 0.310 e. The Balaban J connectivity index is 1.32. The Hall–Kier alpha value is -1.40. The number of fused-ring (bicyclic) bond motifs is 1. The molecule has 2 saturated carbocycles. The molecule has 5 atom stereocenters. The van der Waals surface area contributed by atoms with Gasteiger partial charge in [-0.25, -0.2) is 0 Å². The molecule has 4 rings (SSSR count). The molecule has 0 spiro atoms. The summed E-state index contributed by atoms with van der Waals surface area (Å²) in [6, 6.07) is 10.6. The molecule has 1 amide bonds. The molecule has 3 fully saturated rings. The monoisotopic (exact) mass is 476 g/mol. The van der Waals surface area contributed by atoms with E-state index in [1.54, 1.807) is 0 Å². The summed E-state index contributed by atoms with van der Waals surface area (Å²) >= 11 is 3.76. The zero-order valence-corrected chi connectivity index (χ0v) is 19.4. The fourth-order valence-corrected chi connectivity index (χ4v) is 6.60. The van der Waals surface area contributed by atoms with Gasteiger partial charge in [-0.3, -0.25) is 14.5 Å². The molecule has 1 aliphatic heterocycles. The van der Waals surface area contributed by atoms with Crippen molar-refractivity contribution in [3.8, 4) is 0 Å². The lowest BCUT2D eigenvalue weighted by molar-refractivity contribution is -0.146. The number of ether oxygens (including phenoxy) is 1. The molecular formula is C24H33BrN2O3. The smallest absolute Gasteiger partial charge is 0.310 e. The lowest BCUT2D eigenvalue weighted by atomic mass is 9.80. The van der Waals surface area contributed by atoms with Gasteiger partial charge >= 0.3 is 5.97 Å². The third-order valence-electron chi connectivity index (χ3n) is 7.49. The van der Waals surface area contributed by atoms with Crippen LogP contribution >= 0.6 is 15.9 Å². The largest absolute Gasteiger partial charge is 0.469 e. The summed E-state index contributed by atoms with van der Waals surface area (Å²) in [5.41, 5.74) is 1.40. The van der Waals surface area contributed by atoms with Gasteiger partial charge in [0.15, 0.2) is 0 Å². The van der Waals surface area contributed by atoms with Crippen molar-refractivity contribution in [1.82, 2.24) is 10.2 Å². The van der Waals surface area contributed by atoms with Crippen molar-refractivity contribution in [1.29, 1.82) is 0 Å². The number of halogens is 1. The fraction of sp³-hybridized carbons (Fsp3) is 0.667. The lowest BCUT2D eigenvalue weighted by Gasteiger charge is -2.34. The number of piperidine rings is 1. The zero-order valence-electron chi connectivity index (χ0n) is 17.8. The van der Waals surface area contributed by atoms with E-state index in [2.05, 4.69) is 56.5 Å². The van der Waals surface area contributed by atoms with Crippen molar-refractivity contribution in [3.05, 3.63) is 35.9 Å². The fourth-order valence-electron chi connectivity index (χ4n) is 5.90. The number of hydrogen-bond donors (Lipinski definition) is 1. The topological polar surface area (TPSA) is 58.6 Å². The van der Waals surface area contributed by atoms with E-state index in [1.165, 1.54) is 12.7 Å². The second kappa shape index (κ2) is 9.82. The molecule has 6 heteroatoms. The van der Waals surface area contributed by atoms with E-state index in [4.69, 9.17) is 4.74 Å². The van der Waals surface area contributed by atoms with Crippen LogP contribution in [0.15, 0.2) is 30.3 Å². The molecule has 3 aliphatic rings. The lowest BCUT2D eigenvalue weighted by Crippen LogP contribution is -2.49. The summed E-state index contributed by atoms with van der Waals surface area (Å²) in [4.78, 5) is 28.0. The van der Waals surface area contributed by atoms with E-state index < -0.39 is 0 Å². The number of amides is 1. The molecule has 30 heavy (non-hydrogen) atoms. The highest BCUT2D eigenvalue weighted by molar-refractivity contribution is 9.09. The number of esters is 1. The van der Waals surface area contributed by atoms with Crippen LogP contribution in [0.5, 0.6) is 0 Å². The van der Waals surface area contributed by atoms with Crippen LogP contribution in [0.25, 0.3) is 0 Å². The van der Waals surface area contributed by atoms with Crippen molar-refractivity contribution in [2.24, 2.45) is 17.8 Å². The van der Waals surface area contributed by atoms with Crippen LogP contribution in [-0.2, 0) is 14.3 Å². The van der Waals surface area contributed by atoms with Crippen molar-refractivity contribution >= 4 is 27.8 Å². The SMILES string of the molecule is COC(=O)C1CC2CCC(Br)CC2C1NC(=O)CN1CCC(c2ccccc2)CC1. The number of carbonyl (C=O) groups excluding carboxylic acids is 2. The highest BCUT2D eigenvalue weighted by Crippen LogP contribution is 2.47. The normalized spacial score (nSPS) is 32.4. The second-order valence-electron chi connectivity index (χ2n) is 9.25. The molecular weight excluding hydrogens is 444 g/mol. The first kappa shape index (κ1) is 21.8. The molecule has 2 aliphatic carbocycles. The second-order valence-corrected chi connectivity index (χ2v) is 10.5. The molecule has 0 radical (unpaired) electrons. The quantitative estimate of drug-likeness (QED) is 0.519. The summed E-state index contributed by atoms with van der Waals surface area (Å²) in [5, 5.41) is 3.25. The van der Waals surface area contributed by atoms with Gasteiger partial charge in [0.2, 0.25) is 5.91 Å². The van der Waals surface area contributed by atoms with Gasteiger partial charge in [-0.15, -0.1) is 0 Å². The average molecular weight is 477 g/mol. The minimum atomic E-state index is -0.212. The van der Waals surface area contributed by atoms with Crippen LogP contribution in [0.4, 0.5) is 0 Å². The van der Waals surface area contributed by atoms with Crippen molar-refractivity contribution in [3.63, 3.8) is 0 Å². The van der Waals surface area contributed by atoms with Crippen LogP contribution in [0, 0.1) is 17.8 Å². The van der Waals surface area contributed by atoms with E-state index in [9.17, 15) is 9.59 Å². The summed E-state index contributed by atoms with van der Waals surface area (Å²) < 4.78 is 5.07. The molecule has 164 valence electrons. The number of nitrogens with one attached hydrogen (secondary N) is 1. The van der Waals surface area contributed by atoms with Gasteiger partial charge in [-0.1, -0.05) is 46.3 Å². The Kier molecular flexibility index (Phi) is 7.14. The van der Waals surface area contributed by atoms with E-state index >= 15 is 0 Å². The number of carbonyl (C=O) groups is 2. The molecule has 1 N–H and O–H groups in total. The number of alkyl halides is 1.